The fourth-order valence-electron chi connectivity index (χ4n) is 4.00. The topological polar surface area (TPSA) is 96.0 Å². The summed E-state index contributed by atoms with van der Waals surface area (Å²) in [5, 5.41) is 2.84. The van der Waals surface area contributed by atoms with Crippen molar-refractivity contribution in [1.29, 1.82) is 0 Å². The highest BCUT2D eigenvalue weighted by Gasteiger charge is 2.33. The summed E-state index contributed by atoms with van der Waals surface area (Å²) in [6.07, 6.45) is 0.744. The van der Waals surface area contributed by atoms with Crippen molar-refractivity contribution in [3.63, 3.8) is 0 Å². The van der Waals surface area contributed by atoms with Gasteiger partial charge in [0.2, 0.25) is 11.8 Å². The molecule has 0 saturated heterocycles. The smallest absolute Gasteiger partial charge is 0.264 e. The number of nitrogens with one attached hydrogen (secondary N) is 1. The molecule has 0 unspecified atom stereocenters. The number of benzene rings is 3. The Hall–Kier alpha value is -3.37. The van der Waals surface area contributed by atoms with E-state index in [9.17, 15) is 18.0 Å². The Morgan fingerprint density at radius 1 is 1.03 bits per heavy atom. The maximum absolute atomic E-state index is 14.0. The van der Waals surface area contributed by atoms with E-state index in [1.165, 1.54) is 24.1 Å². The molecular weight excluding hydrogens is 582 g/mol. The molecule has 0 spiro atoms. The number of carbonyl (C=O) groups is 2. The van der Waals surface area contributed by atoms with Gasteiger partial charge in [-0.1, -0.05) is 64.8 Å². The maximum atomic E-state index is 14.0. The summed E-state index contributed by atoms with van der Waals surface area (Å²) < 4.78 is 35.2. The van der Waals surface area contributed by atoms with Crippen molar-refractivity contribution in [3.05, 3.63) is 88.4 Å². The van der Waals surface area contributed by atoms with Crippen LogP contribution in [0.2, 0.25) is 0 Å². The highest BCUT2D eigenvalue weighted by Crippen LogP contribution is 2.32. The van der Waals surface area contributed by atoms with Crippen LogP contribution in [0.4, 0.5) is 5.69 Å². The second-order valence-corrected chi connectivity index (χ2v) is 11.9. The van der Waals surface area contributed by atoms with Crippen LogP contribution in [0, 0.1) is 6.92 Å². The van der Waals surface area contributed by atoms with Crippen molar-refractivity contribution in [3.8, 4) is 5.75 Å². The molecule has 0 saturated carbocycles. The number of carbonyl (C=O) groups excluding carboxylic acids is 2. The van der Waals surface area contributed by atoms with E-state index in [-0.39, 0.29) is 23.0 Å². The minimum Gasteiger partial charge on any atom is -0.495 e. The highest BCUT2D eigenvalue weighted by molar-refractivity contribution is 9.10. The molecule has 3 aromatic carbocycles. The van der Waals surface area contributed by atoms with Crippen LogP contribution in [0.1, 0.15) is 31.4 Å². The summed E-state index contributed by atoms with van der Waals surface area (Å²) in [6, 6.07) is 19.6. The average molecular weight is 617 g/mol. The number of halogens is 1. The number of methoxy groups -OCH3 is 1. The zero-order valence-electron chi connectivity index (χ0n) is 22.6. The second kappa shape index (κ2) is 13.6. The second-order valence-electron chi connectivity index (χ2n) is 9.12. The van der Waals surface area contributed by atoms with E-state index in [1.54, 1.807) is 43.3 Å². The number of ether oxygens (including phenoxy) is 1. The van der Waals surface area contributed by atoms with Gasteiger partial charge >= 0.3 is 0 Å². The lowest BCUT2D eigenvalue weighted by molar-refractivity contribution is -0.139. The lowest BCUT2D eigenvalue weighted by Gasteiger charge is -2.32. The van der Waals surface area contributed by atoms with Gasteiger partial charge in [-0.05, 0) is 62.2 Å². The van der Waals surface area contributed by atoms with Crippen molar-refractivity contribution in [1.82, 2.24) is 10.2 Å². The summed E-state index contributed by atoms with van der Waals surface area (Å²) >= 11 is 3.45. The minimum atomic E-state index is -4.17. The molecule has 0 aliphatic carbocycles. The van der Waals surface area contributed by atoms with Crippen LogP contribution >= 0.6 is 15.9 Å². The Morgan fingerprint density at radius 2 is 1.72 bits per heavy atom. The molecule has 1 N–H and O–H groups in total. The number of sulfonamides is 1. The molecule has 0 radical (unpaired) electrons. The molecule has 3 aromatic rings. The zero-order chi connectivity index (χ0) is 28.6. The monoisotopic (exact) mass is 615 g/mol. The van der Waals surface area contributed by atoms with Gasteiger partial charge in [0, 0.05) is 17.6 Å². The number of aryl methyl sites for hydroxylation is 1. The van der Waals surface area contributed by atoms with Crippen LogP contribution < -0.4 is 14.4 Å². The van der Waals surface area contributed by atoms with E-state index in [4.69, 9.17) is 4.74 Å². The van der Waals surface area contributed by atoms with Gasteiger partial charge in [-0.3, -0.25) is 13.9 Å². The zero-order valence-corrected chi connectivity index (χ0v) is 25.0. The molecule has 0 aromatic heterocycles. The van der Waals surface area contributed by atoms with E-state index in [0.717, 1.165) is 26.3 Å². The van der Waals surface area contributed by atoms with Crippen LogP contribution in [0.3, 0.4) is 0 Å². The molecule has 8 nitrogen and oxygen atoms in total. The molecule has 0 fully saturated rings. The van der Waals surface area contributed by atoms with Crippen molar-refractivity contribution in [2.75, 3.05) is 24.5 Å². The fourth-order valence-corrected chi connectivity index (χ4v) is 5.87. The molecule has 3 rings (SSSR count). The van der Waals surface area contributed by atoms with Crippen LogP contribution in [-0.4, -0.2) is 51.4 Å². The summed E-state index contributed by atoms with van der Waals surface area (Å²) in [7, 11) is -2.73. The van der Waals surface area contributed by atoms with Gasteiger partial charge in [-0.15, -0.1) is 0 Å². The first-order valence-corrected chi connectivity index (χ1v) is 14.9. The molecule has 39 heavy (non-hydrogen) atoms. The van der Waals surface area contributed by atoms with Crippen LogP contribution in [0.5, 0.6) is 5.75 Å². The SMILES string of the molecule is CCCNC(=O)[C@@H](C)N(Cc1cccc(Br)c1)C(=O)CN(c1ccccc1OC)S(=O)(=O)c1ccc(C)cc1. The number of para-hydroxylation sites is 2. The molecular formula is C29H34BrN3O5S. The Bertz CT molecular complexity index is 1400. The molecule has 0 bridgehead atoms. The van der Waals surface area contributed by atoms with Gasteiger partial charge in [0.1, 0.15) is 18.3 Å². The largest absolute Gasteiger partial charge is 0.495 e. The summed E-state index contributed by atoms with van der Waals surface area (Å²) in [5.41, 5.74) is 1.92. The lowest BCUT2D eigenvalue weighted by atomic mass is 10.1. The number of hydrogen-bond donors (Lipinski definition) is 1. The standard InChI is InChI=1S/C29H34BrN3O5S/c1-5-17-31-29(35)22(3)32(19-23-9-8-10-24(30)18-23)28(34)20-33(26-11-6-7-12-27(26)38-4)39(36,37)25-15-13-21(2)14-16-25/h6-16,18,22H,5,17,19-20H2,1-4H3,(H,31,35)/t22-/m1/s1. The molecule has 1 atom stereocenters. The van der Waals surface area contributed by atoms with Crippen molar-refractivity contribution >= 4 is 43.5 Å². The number of nitrogens with zero attached hydrogens (tertiary/aromatic N) is 2. The Morgan fingerprint density at radius 3 is 2.36 bits per heavy atom. The Balaban J connectivity index is 2.06. The van der Waals surface area contributed by atoms with E-state index < -0.39 is 28.5 Å². The third kappa shape index (κ3) is 7.60. The first kappa shape index (κ1) is 30.2. The minimum absolute atomic E-state index is 0.0408. The molecule has 2 amide bonds. The normalized spacial score (nSPS) is 11.9. The highest BCUT2D eigenvalue weighted by atomic mass is 79.9. The lowest BCUT2D eigenvalue weighted by Crippen LogP contribution is -2.51. The molecule has 0 aliphatic rings. The number of amides is 2. The van der Waals surface area contributed by atoms with Crippen LogP contribution in [0.15, 0.2) is 82.2 Å². The van der Waals surface area contributed by atoms with E-state index in [0.29, 0.717) is 12.3 Å². The molecule has 0 aliphatic heterocycles. The molecule has 0 heterocycles. The maximum Gasteiger partial charge on any atom is 0.264 e. The average Bonchev–Trinajstić information content (AvgIpc) is 2.93. The van der Waals surface area contributed by atoms with Crippen LogP contribution in [-0.2, 0) is 26.2 Å². The van der Waals surface area contributed by atoms with Gasteiger partial charge < -0.3 is 15.0 Å². The molecule has 208 valence electrons. The predicted octanol–water partition coefficient (Wildman–Crippen LogP) is 4.90. The third-order valence-corrected chi connectivity index (χ3v) is 8.47. The summed E-state index contributed by atoms with van der Waals surface area (Å²) in [6.45, 7) is 5.50. The van der Waals surface area contributed by atoms with Gasteiger partial charge in [-0.2, -0.15) is 0 Å². The third-order valence-electron chi connectivity index (χ3n) is 6.20. The summed E-state index contributed by atoms with van der Waals surface area (Å²) in [4.78, 5) is 28.3. The van der Waals surface area contributed by atoms with Crippen molar-refractivity contribution in [2.45, 2.75) is 44.7 Å². The van der Waals surface area contributed by atoms with Gasteiger partial charge in [-0.25, -0.2) is 8.42 Å². The number of anilines is 1. The van der Waals surface area contributed by atoms with Crippen molar-refractivity contribution in [2.24, 2.45) is 0 Å². The fraction of sp³-hybridized carbons (Fsp3) is 0.310. The quantitative estimate of drug-likeness (QED) is 0.312. The van der Waals surface area contributed by atoms with E-state index >= 15 is 0 Å². The van der Waals surface area contributed by atoms with Crippen molar-refractivity contribution < 1.29 is 22.7 Å². The van der Waals surface area contributed by atoms with Gasteiger partial charge in [0.25, 0.3) is 10.0 Å². The Labute approximate surface area is 239 Å². The van der Waals surface area contributed by atoms with E-state index in [2.05, 4.69) is 21.2 Å². The molecule has 10 heteroatoms. The number of rotatable bonds is 12. The first-order chi connectivity index (χ1) is 18.6. The van der Waals surface area contributed by atoms with Crippen LogP contribution in [0.25, 0.3) is 0 Å². The first-order valence-electron chi connectivity index (χ1n) is 12.6. The summed E-state index contributed by atoms with van der Waals surface area (Å²) in [5.74, 6) is -0.547. The van der Waals surface area contributed by atoms with Gasteiger partial charge in [0.15, 0.2) is 0 Å². The van der Waals surface area contributed by atoms with Gasteiger partial charge in [0.05, 0.1) is 17.7 Å². The Kier molecular flexibility index (Phi) is 10.5. The van der Waals surface area contributed by atoms with E-state index in [1.807, 2.05) is 38.1 Å². The predicted molar refractivity (Wildman–Crippen MR) is 156 cm³/mol. The number of hydrogen-bond acceptors (Lipinski definition) is 5.